The zero-order chi connectivity index (χ0) is 20.0. The normalized spacial score (nSPS) is 25.8. The second kappa shape index (κ2) is 7.26. The first-order valence-electron chi connectivity index (χ1n) is 10.3. The van der Waals surface area contributed by atoms with Gasteiger partial charge in [-0.2, -0.15) is 0 Å². The van der Waals surface area contributed by atoms with Crippen LogP contribution in [0.25, 0.3) is 0 Å². The molecule has 3 atom stereocenters. The molecule has 0 unspecified atom stereocenters. The summed E-state index contributed by atoms with van der Waals surface area (Å²) in [5, 5.41) is 10.0. The van der Waals surface area contributed by atoms with Crippen molar-refractivity contribution in [2.75, 3.05) is 37.7 Å². The van der Waals surface area contributed by atoms with Crippen LogP contribution in [0.3, 0.4) is 0 Å². The number of anilines is 1. The topological polar surface area (TPSA) is 91.6 Å². The lowest BCUT2D eigenvalue weighted by Crippen LogP contribution is -2.50. The maximum absolute atomic E-state index is 12.7. The molecule has 8 nitrogen and oxygen atoms in total. The van der Waals surface area contributed by atoms with E-state index < -0.39 is 0 Å². The predicted molar refractivity (Wildman–Crippen MR) is 107 cm³/mol. The van der Waals surface area contributed by atoms with E-state index in [9.17, 15) is 14.7 Å². The Morgan fingerprint density at radius 2 is 2.00 bits per heavy atom. The summed E-state index contributed by atoms with van der Waals surface area (Å²) >= 11 is 0. The fourth-order valence-corrected chi connectivity index (χ4v) is 5.16. The number of carbonyl (C=O) groups excluding carboxylic acids is 1. The minimum atomic E-state index is -0.236. The number of fused-ring (bicyclic) bond motifs is 4. The molecule has 2 fully saturated rings. The third-order valence-electron chi connectivity index (χ3n) is 6.54. The van der Waals surface area contributed by atoms with E-state index in [4.69, 9.17) is 0 Å². The van der Waals surface area contributed by atoms with Gasteiger partial charge in [-0.15, -0.1) is 0 Å². The predicted octanol–water partition coefficient (Wildman–Crippen LogP) is 1.03. The number of hydrogen-bond acceptors (Lipinski definition) is 6. The van der Waals surface area contributed by atoms with Crippen molar-refractivity contribution >= 4 is 11.7 Å². The molecule has 3 aliphatic heterocycles. The van der Waals surface area contributed by atoms with Crippen LogP contribution in [0.2, 0.25) is 0 Å². The molecule has 2 saturated heterocycles. The first kappa shape index (κ1) is 18.3. The van der Waals surface area contributed by atoms with Gasteiger partial charge in [0, 0.05) is 49.8 Å². The number of nitrogens with zero attached hydrogens (tertiary/aromatic N) is 5. The van der Waals surface area contributed by atoms with Crippen molar-refractivity contribution < 1.29 is 9.90 Å². The number of aromatic nitrogens is 3. The van der Waals surface area contributed by atoms with E-state index in [1.165, 1.54) is 0 Å². The van der Waals surface area contributed by atoms with Crippen molar-refractivity contribution in [3.05, 3.63) is 52.3 Å². The summed E-state index contributed by atoms with van der Waals surface area (Å²) in [5.74, 6) is 0.962. The molecule has 1 N–H and O–H groups in total. The van der Waals surface area contributed by atoms with Crippen molar-refractivity contribution in [2.45, 2.75) is 31.2 Å². The second-order valence-electron chi connectivity index (χ2n) is 8.27. The van der Waals surface area contributed by atoms with Crippen LogP contribution >= 0.6 is 0 Å². The summed E-state index contributed by atoms with van der Waals surface area (Å²) < 4.78 is 1.77. The number of rotatable bonds is 3. The molecule has 0 radical (unpaired) electrons. The summed E-state index contributed by atoms with van der Waals surface area (Å²) in [6.07, 6.45) is 6.25. The summed E-state index contributed by atoms with van der Waals surface area (Å²) in [4.78, 5) is 38.1. The quantitative estimate of drug-likeness (QED) is 0.835. The zero-order valence-corrected chi connectivity index (χ0v) is 16.3. The number of hydrogen-bond donors (Lipinski definition) is 1. The molecule has 5 heterocycles. The maximum atomic E-state index is 12.7. The molecule has 29 heavy (non-hydrogen) atoms. The molecule has 3 aliphatic rings. The molecular formula is C21H25N5O3. The molecule has 5 rings (SSSR count). The average molecular weight is 395 g/mol. The largest absolute Gasteiger partial charge is 0.394 e. The number of aliphatic hydroxyl groups is 1. The third-order valence-corrected chi connectivity index (χ3v) is 6.54. The van der Waals surface area contributed by atoms with Crippen LogP contribution in [-0.2, 0) is 0 Å². The molecule has 152 valence electrons. The van der Waals surface area contributed by atoms with Crippen molar-refractivity contribution in [1.82, 2.24) is 19.4 Å². The Morgan fingerprint density at radius 3 is 2.79 bits per heavy atom. The highest BCUT2D eigenvalue weighted by atomic mass is 16.3. The van der Waals surface area contributed by atoms with Gasteiger partial charge in [0.1, 0.15) is 11.5 Å². The van der Waals surface area contributed by atoms with Gasteiger partial charge in [0.2, 0.25) is 0 Å². The number of pyridine rings is 1. The zero-order valence-electron chi connectivity index (χ0n) is 16.3. The maximum Gasteiger partial charge on any atom is 0.274 e. The minimum absolute atomic E-state index is 0.0531. The lowest BCUT2D eigenvalue weighted by molar-refractivity contribution is 0.0786. The Labute approximate surface area is 168 Å². The molecule has 0 saturated carbocycles. The minimum Gasteiger partial charge on any atom is -0.394 e. The highest BCUT2D eigenvalue weighted by Gasteiger charge is 2.40. The van der Waals surface area contributed by atoms with Gasteiger partial charge < -0.3 is 19.5 Å². The van der Waals surface area contributed by atoms with Crippen molar-refractivity contribution in [1.29, 1.82) is 0 Å². The lowest BCUT2D eigenvalue weighted by atomic mass is 9.78. The Balaban J connectivity index is 1.45. The Morgan fingerprint density at radius 1 is 1.17 bits per heavy atom. The van der Waals surface area contributed by atoms with Crippen LogP contribution in [0, 0.1) is 5.92 Å². The smallest absolute Gasteiger partial charge is 0.274 e. The standard InChI is InChI=1S/C21H25N5O3/c27-13-18-15-8-14(17-4-3-5-20(28)26(17)18)11-25(12-15)19-10-22-9-16(23-19)21(29)24-6-1-2-7-24/h3-5,9-10,14-15,18,27H,1-2,6-8,11-13H2/t14-,15+,18+/m1/s1. The van der Waals surface area contributed by atoms with Crippen LogP contribution in [0.1, 0.15) is 47.4 Å². The highest BCUT2D eigenvalue weighted by Crippen LogP contribution is 2.41. The number of aliphatic hydroxyl groups excluding tert-OH is 1. The lowest BCUT2D eigenvalue weighted by Gasteiger charge is -2.46. The highest BCUT2D eigenvalue weighted by molar-refractivity contribution is 5.92. The van der Waals surface area contributed by atoms with Crippen LogP contribution < -0.4 is 10.5 Å². The van der Waals surface area contributed by atoms with Gasteiger partial charge in [0.15, 0.2) is 0 Å². The monoisotopic (exact) mass is 395 g/mol. The van der Waals surface area contributed by atoms with E-state index in [0.717, 1.165) is 38.0 Å². The molecule has 8 heteroatoms. The number of piperidine rings is 1. The van der Waals surface area contributed by atoms with Crippen molar-refractivity contribution in [3.8, 4) is 0 Å². The van der Waals surface area contributed by atoms with Crippen LogP contribution in [0.4, 0.5) is 5.82 Å². The SMILES string of the molecule is O=C(c1cncc(N2C[C@H]3C[C@@H](C2)[C@H](CO)n2c3cccc2=O)n1)N1CCCC1. The van der Waals surface area contributed by atoms with Crippen LogP contribution in [0.5, 0.6) is 0 Å². The Hall–Kier alpha value is -2.74. The van der Waals surface area contributed by atoms with E-state index >= 15 is 0 Å². The second-order valence-corrected chi connectivity index (χ2v) is 8.27. The van der Waals surface area contributed by atoms with E-state index in [0.29, 0.717) is 24.6 Å². The summed E-state index contributed by atoms with van der Waals surface area (Å²) in [6, 6.07) is 5.09. The first-order chi connectivity index (χ1) is 14.2. The fraction of sp³-hybridized carbons (Fsp3) is 0.524. The molecular weight excluding hydrogens is 370 g/mol. The average Bonchev–Trinajstić information content (AvgIpc) is 3.29. The van der Waals surface area contributed by atoms with Crippen molar-refractivity contribution in [3.63, 3.8) is 0 Å². The van der Waals surface area contributed by atoms with E-state index in [-0.39, 0.29) is 36.0 Å². The molecule has 2 aromatic heterocycles. The summed E-state index contributed by atoms with van der Waals surface area (Å²) in [7, 11) is 0. The van der Waals surface area contributed by atoms with Gasteiger partial charge in [0.25, 0.3) is 11.5 Å². The van der Waals surface area contributed by atoms with Crippen molar-refractivity contribution in [2.24, 2.45) is 5.92 Å². The van der Waals surface area contributed by atoms with E-state index in [1.54, 1.807) is 29.1 Å². The van der Waals surface area contributed by atoms with E-state index in [2.05, 4.69) is 14.9 Å². The fourth-order valence-electron chi connectivity index (χ4n) is 5.16. The number of amides is 1. The summed E-state index contributed by atoms with van der Waals surface area (Å²) in [6.45, 7) is 2.89. The molecule has 0 spiro atoms. The number of likely N-dealkylation sites (tertiary alicyclic amines) is 1. The Bertz CT molecular complexity index is 984. The Kier molecular flexibility index (Phi) is 4.58. The van der Waals surface area contributed by atoms with Crippen LogP contribution in [0.15, 0.2) is 35.4 Å². The first-order valence-corrected chi connectivity index (χ1v) is 10.3. The van der Waals surface area contributed by atoms with Gasteiger partial charge in [0.05, 0.1) is 25.0 Å². The van der Waals surface area contributed by atoms with Gasteiger partial charge in [-0.05, 0) is 25.3 Å². The molecule has 0 aromatic carbocycles. The van der Waals surface area contributed by atoms with E-state index in [1.807, 2.05) is 11.0 Å². The van der Waals surface area contributed by atoms with Crippen LogP contribution in [-0.4, -0.2) is 63.2 Å². The van der Waals surface area contributed by atoms with Gasteiger partial charge in [-0.1, -0.05) is 6.07 Å². The third kappa shape index (κ3) is 3.11. The van der Waals surface area contributed by atoms with Gasteiger partial charge in [-0.3, -0.25) is 14.6 Å². The molecule has 0 aliphatic carbocycles. The summed E-state index contributed by atoms with van der Waals surface area (Å²) in [5.41, 5.74) is 1.30. The van der Waals surface area contributed by atoms with Gasteiger partial charge in [-0.25, -0.2) is 4.98 Å². The van der Waals surface area contributed by atoms with Gasteiger partial charge >= 0.3 is 0 Å². The number of carbonyl (C=O) groups is 1. The molecule has 2 bridgehead atoms. The molecule has 1 amide bonds. The molecule has 2 aromatic rings.